The van der Waals surface area contributed by atoms with Crippen LogP contribution in [0.25, 0.3) is 10.9 Å². The van der Waals surface area contributed by atoms with Crippen LogP contribution in [0.1, 0.15) is 29.9 Å². The molecule has 2 aromatic carbocycles. The lowest BCUT2D eigenvalue weighted by molar-refractivity contribution is -0.131. The number of methoxy groups -OCH3 is 4. The van der Waals surface area contributed by atoms with Gasteiger partial charge in [0.25, 0.3) is 0 Å². The largest absolute Gasteiger partial charge is 0.497 e. The lowest BCUT2D eigenvalue weighted by Gasteiger charge is -2.32. The number of carbonyl (C=O) groups excluding carboxylic acids is 1. The Kier molecular flexibility index (Phi) is 6.44. The Bertz CT molecular complexity index is 1070. The molecule has 0 atom stereocenters. The number of aromatic nitrogens is 1. The van der Waals surface area contributed by atoms with E-state index in [2.05, 4.69) is 17.2 Å². The Labute approximate surface area is 188 Å². The Balaban J connectivity index is 1.43. The monoisotopic (exact) mass is 438 g/mol. The average molecular weight is 439 g/mol. The Hall–Kier alpha value is -3.35. The van der Waals surface area contributed by atoms with E-state index in [0.29, 0.717) is 29.6 Å². The topological polar surface area (TPSA) is 73.0 Å². The first-order chi connectivity index (χ1) is 15.6. The first-order valence-electron chi connectivity index (χ1n) is 10.8. The molecule has 1 aliphatic rings. The molecule has 2 heterocycles. The number of amides is 1. The molecule has 170 valence electrons. The standard InChI is InChI=1S/C25H30N2O5/c1-29-18-5-6-21-19(14-18)20(15-26-21)17-7-9-27(10-8-17)24(28)13-16-11-22(30-2)25(32-4)23(12-16)31-3/h5-6,11-12,14-15,17,26H,7-10,13H2,1-4H3. The number of hydrogen-bond donors (Lipinski definition) is 1. The van der Waals surface area contributed by atoms with Crippen molar-refractivity contribution in [2.75, 3.05) is 41.5 Å². The molecule has 1 N–H and O–H groups in total. The minimum atomic E-state index is 0.110. The maximum atomic E-state index is 13.0. The van der Waals surface area contributed by atoms with Gasteiger partial charge in [-0.3, -0.25) is 4.79 Å². The number of fused-ring (bicyclic) bond motifs is 1. The van der Waals surface area contributed by atoms with E-state index in [0.717, 1.165) is 42.8 Å². The zero-order valence-electron chi connectivity index (χ0n) is 19.1. The van der Waals surface area contributed by atoms with E-state index < -0.39 is 0 Å². The van der Waals surface area contributed by atoms with E-state index in [-0.39, 0.29) is 5.91 Å². The van der Waals surface area contributed by atoms with Crippen LogP contribution in [0.4, 0.5) is 0 Å². The first kappa shape index (κ1) is 21.9. The molecule has 7 nitrogen and oxygen atoms in total. The third kappa shape index (κ3) is 4.20. The molecule has 32 heavy (non-hydrogen) atoms. The lowest BCUT2D eigenvalue weighted by Crippen LogP contribution is -2.38. The Morgan fingerprint density at radius 3 is 2.25 bits per heavy atom. The second-order valence-electron chi connectivity index (χ2n) is 8.02. The molecule has 0 spiro atoms. The molecule has 0 radical (unpaired) electrons. The Morgan fingerprint density at radius 2 is 1.66 bits per heavy atom. The second-order valence-corrected chi connectivity index (χ2v) is 8.02. The van der Waals surface area contributed by atoms with Crippen molar-refractivity contribution in [1.29, 1.82) is 0 Å². The van der Waals surface area contributed by atoms with Crippen molar-refractivity contribution in [2.24, 2.45) is 0 Å². The summed E-state index contributed by atoms with van der Waals surface area (Å²) >= 11 is 0. The fourth-order valence-electron chi connectivity index (χ4n) is 4.55. The predicted molar refractivity (Wildman–Crippen MR) is 123 cm³/mol. The molecule has 0 bridgehead atoms. The predicted octanol–water partition coefficient (Wildman–Crippen LogP) is 4.15. The molecule has 1 fully saturated rings. The molecule has 0 aliphatic carbocycles. The number of carbonyl (C=O) groups is 1. The maximum absolute atomic E-state index is 13.0. The summed E-state index contributed by atoms with van der Waals surface area (Å²) in [4.78, 5) is 18.3. The summed E-state index contributed by atoms with van der Waals surface area (Å²) in [6.45, 7) is 1.48. The third-order valence-electron chi connectivity index (χ3n) is 6.29. The third-order valence-corrected chi connectivity index (χ3v) is 6.29. The van der Waals surface area contributed by atoms with Crippen LogP contribution in [0, 0.1) is 0 Å². The quantitative estimate of drug-likeness (QED) is 0.600. The normalized spacial score (nSPS) is 14.4. The van der Waals surface area contributed by atoms with E-state index in [1.54, 1.807) is 28.4 Å². The van der Waals surface area contributed by atoms with E-state index in [1.807, 2.05) is 29.2 Å². The van der Waals surface area contributed by atoms with Crippen LogP contribution in [-0.2, 0) is 11.2 Å². The number of nitrogens with one attached hydrogen (secondary N) is 1. The number of benzene rings is 2. The molecule has 1 saturated heterocycles. The van der Waals surface area contributed by atoms with E-state index in [4.69, 9.17) is 18.9 Å². The summed E-state index contributed by atoms with van der Waals surface area (Å²) in [6.07, 6.45) is 4.27. The van der Waals surface area contributed by atoms with E-state index >= 15 is 0 Å². The Morgan fingerprint density at radius 1 is 0.969 bits per heavy atom. The highest BCUT2D eigenvalue weighted by atomic mass is 16.5. The molecule has 4 rings (SSSR count). The van der Waals surface area contributed by atoms with Crippen LogP contribution in [0.15, 0.2) is 36.5 Å². The van der Waals surface area contributed by atoms with Gasteiger partial charge in [-0.25, -0.2) is 0 Å². The minimum absolute atomic E-state index is 0.110. The van der Waals surface area contributed by atoms with Gasteiger partial charge in [0, 0.05) is 30.2 Å². The van der Waals surface area contributed by atoms with Gasteiger partial charge in [-0.05, 0) is 60.2 Å². The minimum Gasteiger partial charge on any atom is -0.497 e. The van der Waals surface area contributed by atoms with Crippen LogP contribution >= 0.6 is 0 Å². The number of likely N-dealkylation sites (tertiary alicyclic amines) is 1. The van der Waals surface area contributed by atoms with Crippen LogP contribution in [-0.4, -0.2) is 57.3 Å². The van der Waals surface area contributed by atoms with Gasteiger partial charge < -0.3 is 28.8 Å². The van der Waals surface area contributed by atoms with Gasteiger partial charge in [-0.1, -0.05) is 0 Å². The number of piperidine rings is 1. The van der Waals surface area contributed by atoms with Crippen molar-refractivity contribution in [1.82, 2.24) is 9.88 Å². The first-order valence-corrected chi connectivity index (χ1v) is 10.8. The van der Waals surface area contributed by atoms with Gasteiger partial charge in [0.05, 0.1) is 34.9 Å². The number of aromatic amines is 1. The number of H-pyrrole nitrogens is 1. The van der Waals surface area contributed by atoms with Gasteiger partial charge in [0.2, 0.25) is 11.7 Å². The molecular formula is C25H30N2O5. The number of rotatable bonds is 7. The van der Waals surface area contributed by atoms with E-state index in [1.165, 1.54) is 10.9 Å². The summed E-state index contributed by atoms with van der Waals surface area (Å²) in [5.41, 5.74) is 3.26. The van der Waals surface area contributed by atoms with Crippen molar-refractivity contribution < 1.29 is 23.7 Å². The van der Waals surface area contributed by atoms with Crippen LogP contribution in [0.3, 0.4) is 0 Å². The highest BCUT2D eigenvalue weighted by Gasteiger charge is 2.26. The summed E-state index contributed by atoms with van der Waals surface area (Å²) < 4.78 is 21.6. The highest BCUT2D eigenvalue weighted by Crippen LogP contribution is 2.39. The summed E-state index contributed by atoms with van der Waals surface area (Å²) in [5.74, 6) is 3.03. The van der Waals surface area contributed by atoms with Crippen molar-refractivity contribution in [2.45, 2.75) is 25.2 Å². The zero-order valence-corrected chi connectivity index (χ0v) is 19.1. The fraction of sp³-hybridized carbons (Fsp3) is 0.400. The van der Waals surface area contributed by atoms with Crippen molar-refractivity contribution >= 4 is 16.8 Å². The van der Waals surface area contributed by atoms with Crippen LogP contribution in [0.2, 0.25) is 0 Å². The number of hydrogen-bond acceptors (Lipinski definition) is 5. The highest BCUT2D eigenvalue weighted by molar-refractivity contribution is 5.85. The second kappa shape index (κ2) is 9.42. The summed E-state index contributed by atoms with van der Waals surface area (Å²) in [6, 6.07) is 9.78. The number of nitrogens with zero attached hydrogens (tertiary/aromatic N) is 1. The van der Waals surface area contributed by atoms with Crippen molar-refractivity contribution in [3.63, 3.8) is 0 Å². The van der Waals surface area contributed by atoms with Crippen LogP contribution in [0.5, 0.6) is 23.0 Å². The average Bonchev–Trinajstić information content (AvgIpc) is 3.26. The van der Waals surface area contributed by atoms with Gasteiger partial charge in [-0.15, -0.1) is 0 Å². The number of ether oxygens (including phenoxy) is 4. The van der Waals surface area contributed by atoms with Gasteiger partial charge >= 0.3 is 0 Å². The summed E-state index contributed by atoms with van der Waals surface area (Å²) in [5, 5.41) is 1.20. The molecule has 1 aliphatic heterocycles. The molecule has 0 saturated carbocycles. The molecule has 7 heteroatoms. The summed E-state index contributed by atoms with van der Waals surface area (Å²) in [7, 11) is 6.41. The lowest BCUT2D eigenvalue weighted by atomic mass is 9.89. The molecule has 0 unspecified atom stereocenters. The smallest absolute Gasteiger partial charge is 0.226 e. The van der Waals surface area contributed by atoms with Gasteiger partial charge in [0.1, 0.15) is 5.75 Å². The fourth-order valence-corrected chi connectivity index (χ4v) is 4.55. The molecular weight excluding hydrogens is 408 g/mol. The van der Waals surface area contributed by atoms with Gasteiger partial charge in [-0.2, -0.15) is 0 Å². The molecule has 1 amide bonds. The zero-order chi connectivity index (χ0) is 22.7. The van der Waals surface area contributed by atoms with Crippen LogP contribution < -0.4 is 18.9 Å². The SMILES string of the molecule is COc1ccc2[nH]cc(C3CCN(C(=O)Cc4cc(OC)c(OC)c(OC)c4)CC3)c2c1. The van der Waals surface area contributed by atoms with Crippen molar-refractivity contribution in [3.05, 3.63) is 47.7 Å². The van der Waals surface area contributed by atoms with E-state index in [9.17, 15) is 4.79 Å². The van der Waals surface area contributed by atoms with Gasteiger partial charge in [0.15, 0.2) is 11.5 Å². The maximum Gasteiger partial charge on any atom is 0.226 e. The molecule has 1 aromatic heterocycles. The molecule has 3 aromatic rings. The van der Waals surface area contributed by atoms with Crippen molar-refractivity contribution in [3.8, 4) is 23.0 Å².